The first-order valence-corrected chi connectivity index (χ1v) is 16.8. The van der Waals surface area contributed by atoms with E-state index < -0.39 is 39.4 Å². The van der Waals surface area contributed by atoms with Crippen molar-refractivity contribution in [3.63, 3.8) is 0 Å². The van der Waals surface area contributed by atoms with Crippen molar-refractivity contribution in [2.24, 2.45) is 32.5 Å². The summed E-state index contributed by atoms with van der Waals surface area (Å²) >= 11 is 0. The SMILES string of the molecule is CCCCNC(=O)C(=O)NCCCOC(=O)C(C)(CC(C)(C)C)C(C)(C)C(C)(C)CC1(C(=O)Oc2ccc(C(=O)O)cc2)CC1(C)C. The van der Waals surface area contributed by atoms with Gasteiger partial charge in [-0.25, -0.2) is 4.79 Å². The highest BCUT2D eigenvalue weighted by Gasteiger charge is 2.70. The predicted octanol–water partition coefficient (Wildman–Crippen LogP) is 6.56. The number of ether oxygens (including phenoxy) is 2. The zero-order chi connectivity index (χ0) is 36.1. The lowest BCUT2D eigenvalue weighted by molar-refractivity contribution is -0.176. The van der Waals surface area contributed by atoms with Crippen LogP contribution in [-0.2, 0) is 23.9 Å². The Balaban J connectivity index is 2.21. The van der Waals surface area contributed by atoms with Gasteiger partial charge in [0.25, 0.3) is 0 Å². The monoisotopic (exact) mass is 658 g/mol. The van der Waals surface area contributed by atoms with Crippen molar-refractivity contribution < 1.29 is 38.6 Å². The Morgan fingerprint density at radius 2 is 1.36 bits per heavy atom. The number of nitrogens with one attached hydrogen (secondary N) is 2. The molecule has 0 radical (unpaired) electrons. The molecule has 1 aromatic carbocycles. The largest absolute Gasteiger partial charge is 0.478 e. The molecule has 1 saturated carbocycles. The molecule has 10 nitrogen and oxygen atoms in total. The van der Waals surface area contributed by atoms with Gasteiger partial charge in [0.1, 0.15) is 5.75 Å². The van der Waals surface area contributed by atoms with Crippen LogP contribution in [0.1, 0.15) is 125 Å². The van der Waals surface area contributed by atoms with Crippen LogP contribution in [0.5, 0.6) is 5.75 Å². The molecule has 2 amide bonds. The lowest BCUT2D eigenvalue weighted by Gasteiger charge is -2.54. The predicted molar refractivity (Wildman–Crippen MR) is 181 cm³/mol. The molecule has 10 heteroatoms. The molecule has 0 bridgehead atoms. The number of hydrogen-bond acceptors (Lipinski definition) is 7. The van der Waals surface area contributed by atoms with Crippen molar-refractivity contribution in [1.29, 1.82) is 0 Å². The molecule has 1 aromatic rings. The minimum Gasteiger partial charge on any atom is -0.478 e. The Labute approximate surface area is 281 Å². The van der Waals surface area contributed by atoms with Gasteiger partial charge in [-0.05, 0) is 85.0 Å². The van der Waals surface area contributed by atoms with E-state index in [1.807, 2.05) is 27.7 Å². The summed E-state index contributed by atoms with van der Waals surface area (Å²) in [5.74, 6) is -2.87. The Morgan fingerprint density at radius 3 is 1.81 bits per heavy atom. The molecule has 3 N–H and O–H groups in total. The summed E-state index contributed by atoms with van der Waals surface area (Å²) in [5, 5.41) is 14.4. The molecule has 1 aliphatic rings. The van der Waals surface area contributed by atoms with Gasteiger partial charge in [-0.1, -0.05) is 75.7 Å². The van der Waals surface area contributed by atoms with E-state index in [-0.39, 0.29) is 47.2 Å². The first kappa shape index (κ1) is 39.7. The van der Waals surface area contributed by atoms with E-state index in [0.717, 1.165) is 12.8 Å². The van der Waals surface area contributed by atoms with Crippen LogP contribution in [0.4, 0.5) is 0 Å². The van der Waals surface area contributed by atoms with E-state index >= 15 is 0 Å². The molecule has 0 saturated heterocycles. The molecule has 0 spiro atoms. The number of hydrogen-bond donors (Lipinski definition) is 3. The van der Waals surface area contributed by atoms with Crippen LogP contribution < -0.4 is 15.4 Å². The molecule has 264 valence electrons. The lowest BCUT2D eigenvalue weighted by atomic mass is 9.49. The maximum atomic E-state index is 14.0. The average molecular weight is 659 g/mol. The van der Waals surface area contributed by atoms with E-state index in [4.69, 9.17) is 9.47 Å². The van der Waals surface area contributed by atoms with Crippen LogP contribution in [0.15, 0.2) is 24.3 Å². The van der Waals surface area contributed by atoms with Gasteiger partial charge in [0.2, 0.25) is 0 Å². The van der Waals surface area contributed by atoms with Crippen molar-refractivity contribution >= 4 is 29.7 Å². The van der Waals surface area contributed by atoms with Crippen LogP contribution in [0.25, 0.3) is 0 Å². The first-order valence-electron chi connectivity index (χ1n) is 16.8. The van der Waals surface area contributed by atoms with Crippen LogP contribution in [0.3, 0.4) is 0 Å². The molecule has 47 heavy (non-hydrogen) atoms. The second-order valence-corrected chi connectivity index (χ2v) is 16.5. The van der Waals surface area contributed by atoms with Crippen LogP contribution in [0, 0.1) is 32.5 Å². The number of carbonyl (C=O) groups is 5. The Bertz CT molecular complexity index is 1310. The zero-order valence-electron chi connectivity index (χ0n) is 30.5. The summed E-state index contributed by atoms with van der Waals surface area (Å²) in [7, 11) is 0. The highest BCUT2D eigenvalue weighted by Crippen LogP contribution is 2.71. The average Bonchev–Trinajstić information content (AvgIpc) is 3.51. The lowest BCUT2D eigenvalue weighted by Crippen LogP contribution is -2.54. The number of carbonyl (C=O) groups excluding carboxylic acids is 4. The van der Waals surface area contributed by atoms with E-state index in [0.29, 0.717) is 32.2 Å². The standard InChI is InChI=1S/C37H58N2O8/c1-12-13-19-38-27(40)28(41)39-20-14-21-46-30(44)36(11,22-32(2,3)4)35(9,10)33(5,6)23-37(24-34(37,7)8)31(45)47-26-17-15-25(16-18-26)29(42)43/h15-18H,12-14,19-24H2,1-11H3,(H,38,40)(H,39,41)(H,42,43). The van der Waals surface area contributed by atoms with Crippen LogP contribution in [-0.4, -0.2) is 54.5 Å². The van der Waals surface area contributed by atoms with Gasteiger partial charge in [-0.15, -0.1) is 0 Å². The molecular weight excluding hydrogens is 600 g/mol. The van der Waals surface area contributed by atoms with Gasteiger partial charge in [-0.3, -0.25) is 19.2 Å². The van der Waals surface area contributed by atoms with Crippen molar-refractivity contribution in [2.45, 2.75) is 115 Å². The molecule has 0 aliphatic heterocycles. The molecular formula is C37H58N2O8. The van der Waals surface area contributed by atoms with Crippen molar-refractivity contribution in [3.05, 3.63) is 29.8 Å². The second kappa shape index (κ2) is 14.8. The van der Waals surface area contributed by atoms with Gasteiger partial charge in [0.15, 0.2) is 0 Å². The fourth-order valence-corrected chi connectivity index (χ4v) is 6.77. The maximum Gasteiger partial charge on any atom is 0.335 e. The minimum atomic E-state index is -1.06. The van der Waals surface area contributed by atoms with Gasteiger partial charge in [0, 0.05) is 13.1 Å². The number of amides is 2. The summed E-state index contributed by atoms with van der Waals surface area (Å²) in [6.07, 6.45) is 3.67. The molecule has 2 unspecified atom stereocenters. The van der Waals surface area contributed by atoms with E-state index in [1.165, 1.54) is 24.3 Å². The summed E-state index contributed by atoms with van der Waals surface area (Å²) in [6, 6.07) is 5.80. The number of unbranched alkanes of at least 4 members (excludes halogenated alkanes) is 1. The van der Waals surface area contributed by atoms with Gasteiger partial charge in [-0.2, -0.15) is 0 Å². The number of carboxylic acid groups (broad SMARTS) is 1. The van der Waals surface area contributed by atoms with Crippen molar-refractivity contribution in [2.75, 3.05) is 19.7 Å². The number of carboxylic acids is 1. The summed E-state index contributed by atoms with van der Waals surface area (Å²) in [4.78, 5) is 63.1. The quantitative estimate of drug-likeness (QED) is 0.0783. The van der Waals surface area contributed by atoms with E-state index in [1.54, 1.807) is 0 Å². The van der Waals surface area contributed by atoms with E-state index in [2.05, 4.69) is 59.1 Å². The Hall–Kier alpha value is -3.43. The third kappa shape index (κ3) is 9.35. The molecule has 2 rings (SSSR count). The summed E-state index contributed by atoms with van der Waals surface area (Å²) in [6.45, 7) is 23.3. The molecule has 0 aromatic heterocycles. The number of benzene rings is 1. The van der Waals surface area contributed by atoms with Crippen molar-refractivity contribution in [1.82, 2.24) is 10.6 Å². The molecule has 0 heterocycles. The van der Waals surface area contributed by atoms with Crippen LogP contribution in [0.2, 0.25) is 0 Å². The highest BCUT2D eigenvalue weighted by molar-refractivity contribution is 6.35. The number of rotatable bonds is 16. The number of esters is 2. The fraction of sp³-hybridized carbons (Fsp3) is 0.703. The molecule has 1 aliphatic carbocycles. The smallest absolute Gasteiger partial charge is 0.335 e. The molecule has 1 fully saturated rings. The number of aromatic carboxylic acids is 1. The third-order valence-corrected chi connectivity index (χ3v) is 10.6. The van der Waals surface area contributed by atoms with Crippen LogP contribution >= 0.6 is 0 Å². The highest BCUT2D eigenvalue weighted by atomic mass is 16.5. The van der Waals surface area contributed by atoms with Gasteiger partial charge < -0.3 is 25.2 Å². The van der Waals surface area contributed by atoms with Gasteiger partial charge >= 0.3 is 29.7 Å². The van der Waals surface area contributed by atoms with Crippen molar-refractivity contribution in [3.8, 4) is 5.75 Å². The summed E-state index contributed by atoms with van der Waals surface area (Å²) in [5.41, 5.74) is -3.42. The zero-order valence-corrected chi connectivity index (χ0v) is 30.5. The summed E-state index contributed by atoms with van der Waals surface area (Å²) < 4.78 is 11.7. The second-order valence-electron chi connectivity index (χ2n) is 16.5. The fourth-order valence-electron chi connectivity index (χ4n) is 6.77. The first-order chi connectivity index (χ1) is 21.5. The molecule has 2 atom stereocenters. The third-order valence-electron chi connectivity index (χ3n) is 10.6. The Morgan fingerprint density at radius 1 is 0.851 bits per heavy atom. The normalized spacial score (nSPS) is 18.8. The van der Waals surface area contributed by atoms with Gasteiger partial charge in [0.05, 0.1) is 23.0 Å². The topological polar surface area (TPSA) is 148 Å². The Kier molecular flexibility index (Phi) is 12.5. The van der Waals surface area contributed by atoms with E-state index in [9.17, 15) is 29.1 Å². The minimum absolute atomic E-state index is 0.0801. The maximum absolute atomic E-state index is 14.0.